The summed E-state index contributed by atoms with van der Waals surface area (Å²) >= 11 is 0. The normalized spacial score (nSPS) is 12.7. The van der Waals surface area contributed by atoms with Crippen LogP contribution in [0.25, 0.3) is 10.8 Å². The number of nitrogens with zero attached hydrogens (tertiary/aromatic N) is 2. The Bertz CT molecular complexity index is 715. The molecule has 1 N–H and O–H groups in total. The number of hydrogen-bond acceptors (Lipinski definition) is 4. The molecule has 1 unspecified atom stereocenters. The van der Waals surface area contributed by atoms with E-state index < -0.39 is 0 Å². The summed E-state index contributed by atoms with van der Waals surface area (Å²) < 4.78 is 4.97. The molecule has 3 aromatic rings. The van der Waals surface area contributed by atoms with E-state index in [0.717, 1.165) is 0 Å². The van der Waals surface area contributed by atoms with Crippen LogP contribution in [0.4, 0.5) is 0 Å². The zero-order valence-electron chi connectivity index (χ0n) is 11.6. The van der Waals surface area contributed by atoms with Gasteiger partial charge in [0, 0.05) is 13.0 Å². The molecule has 0 aliphatic carbocycles. The van der Waals surface area contributed by atoms with Crippen molar-refractivity contribution < 1.29 is 4.52 Å². The molecule has 0 spiro atoms. The third-order valence-corrected chi connectivity index (χ3v) is 3.43. The summed E-state index contributed by atoms with van der Waals surface area (Å²) in [6, 6.07) is 15.0. The fourth-order valence-electron chi connectivity index (χ4n) is 2.40. The Labute approximate surface area is 117 Å². The topological polar surface area (TPSA) is 51.0 Å². The summed E-state index contributed by atoms with van der Waals surface area (Å²) in [5, 5.41) is 9.87. The third-order valence-electron chi connectivity index (χ3n) is 3.43. The van der Waals surface area contributed by atoms with Gasteiger partial charge in [-0.3, -0.25) is 0 Å². The van der Waals surface area contributed by atoms with E-state index in [1.807, 2.05) is 0 Å². The van der Waals surface area contributed by atoms with Crippen LogP contribution >= 0.6 is 0 Å². The van der Waals surface area contributed by atoms with Crippen LogP contribution < -0.4 is 5.32 Å². The van der Waals surface area contributed by atoms with Crippen LogP contribution in [-0.2, 0) is 6.54 Å². The SMILES string of the molecule is Cc1nc(CNC(C)c2cccc3ccccc23)no1. The molecular weight excluding hydrogens is 250 g/mol. The number of benzene rings is 2. The van der Waals surface area contributed by atoms with Crippen LogP contribution in [0.3, 0.4) is 0 Å². The Morgan fingerprint density at radius 1 is 1.15 bits per heavy atom. The first-order valence-corrected chi connectivity index (χ1v) is 6.74. The number of fused-ring (bicyclic) bond motifs is 1. The standard InChI is InChI=1S/C16H17N3O/c1-11(17-10-16-18-12(2)20-19-16)14-9-5-7-13-6-3-4-8-15(13)14/h3-9,11,17H,10H2,1-2H3. The maximum atomic E-state index is 4.97. The van der Waals surface area contributed by atoms with Gasteiger partial charge >= 0.3 is 0 Å². The first kappa shape index (κ1) is 12.8. The Morgan fingerprint density at radius 3 is 2.75 bits per heavy atom. The van der Waals surface area contributed by atoms with Crippen molar-refractivity contribution in [1.82, 2.24) is 15.5 Å². The van der Waals surface area contributed by atoms with Gasteiger partial charge in [-0.2, -0.15) is 4.98 Å². The molecule has 0 aliphatic rings. The molecule has 4 heteroatoms. The third kappa shape index (κ3) is 2.56. The van der Waals surface area contributed by atoms with Gasteiger partial charge in [0.2, 0.25) is 5.89 Å². The maximum Gasteiger partial charge on any atom is 0.223 e. The highest BCUT2D eigenvalue weighted by Gasteiger charge is 2.10. The summed E-state index contributed by atoms with van der Waals surface area (Å²) in [6.45, 7) is 4.54. The van der Waals surface area contributed by atoms with Gasteiger partial charge in [-0.1, -0.05) is 47.6 Å². The van der Waals surface area contributed by atoms with Crippen molar-refractivity contribution in [3.05, 3.63) is 59.7 Å². The lowest BCUT2D eigenvalue weighted by Gasteiger charge is -2.15. The van der Waals surface area contributed by atoms with E-state index in [2.05, 4.69) is 64.8 Å². The number of aromatic nitrogens is 2. The van der Waals surface area contributed by atoms with Crippen molar-refractivity contribution in [2.45, 2.75) is 26.4 Å². The molecule has 1 heterocycles. The summed E-state index contributed by atoms with van der Waals surface area (Å²) in [6.07, 6.45) is 0. The molecule has 0 amide bonds. The van der Waals surface area contributed by atoms with Gasteiger partial charge in [0.1, 0.15) is 0 Å². The molecule has 1 atom stereocenters. The second-order valence-corrected chi connectivity index (χ2v) is 4.90. The lowest BCUT2D eigenvalue weighted by molar-refractivity contribution is 0.384. The first-order valence-electron chi connectivity index (χ1n) is 6.74. The molecule has 2 aromatic carbocycles. The minimum absolute atomic E-state index is 0.222. The predicted octanol–water partition coefficient (Wildman–Crippen LogP) is 3.38. The van der Waals surface area contributed by atoms with Gasteiger partial charge in [-0.15, -0.1) is 0 Å². The summed E-state index contributed by atoms with van der Waals surface area (Å²) in [5.74, 6) is 1.29. The maximum absolute atomic E-state index is 4.97. The fraction of sp³-hybridized carbons (Fsp3) is 0.250. The van der Waals surface area contributed by atoms with Gasteiger partial charge in [0.05, 0.1) is 6.54 Å². The molecular formula is C16H17N3O. The van der Waals surface area contributed by atoms with Crippen molar-refractivity contribution >= 4 is 10.8 Å². The Kier molecular flexibility index (Phi) is 3.48. The molecule has 102 valence electrons. The van der Waals surface area contributed by atoms with Gasteiger partial charge in [0.15, 0.2) is 5.82 Å². The second kappa shape index (κ2) is 5.43. The van der Waals surface area contributed by atoms with Crippen molar-refractivity contribution in [3.8, 4) is 0 Å². The van der Waals surface area contributed by atoms with E-state index in [9.17, 15) is 0 Å². The second-order valence-electron chi connectivity index (χ2n) is 4.90. The Balaban J connectivity index is 1.80. The predicted molar refractivity (Wildman–Crippen MR) is 78.2 cm³/mol. The molecule has 4 nitrogen and oxygen atoms in total. The summed E-state index contributed by atoms with van der Waals surface area (Å²) in [5.41, 5.74) is 1.28. The van der Waals surface area contributed by atoms with E-state index >= 15 is 0 Å². The van der Waals surface area contributed by atoms with Crippen molar-refractivity contribution in [2.75, 3.05) is 0 Å². The quantitative estimate of drug-likeness (QED) is 0.787. The van der Waals surface area contributed by atoms with Crippen molar-refractivity contribution in [3.63, 3.8) is 0 Å². The van der Waals surface area contributed by atoms with Crippen LogP contribution in [0, 0.1) is 6.92 Å². The summed E-state index contributed by atoms with van der Waals surface area (Å²) in [7, 11) is 0. The monoisotopic (exact) mass is 267 g/mol. The molecule has 0 saturated carbocycles. The smallest absolute Gasteiger partial charge is 0.223 e. The molecule has 0 aliphatic heterocycles. The molecule has 0 radical (unpaired) electrons. The molecule has 20 heavy (non-hydrogen) atoms. The van der Waals surface area contributed by atoms with E-state index in [-0.39, 0.29) is 6.04 Å². The van der Waals surface area contributed by atoms with E-state index in [4.69, 9.17) is 4.52 Å². The van der Waals surface area contributed by atoms with E-state index in [1.54, 1.807) is 6.92 Å². The van der Waals surface area contributed by atoms with Crippen LogP contribution in [0.5, 0.6) is 0 Å². The number of aryl methyl sites for hydroxylation is 1. The molecule has 3 rings (SSSR count). The molecule has 0 saturated heterocycles. The van der Waals surface area contributed by atoms with Crippen LogP contribution in [0.2, 0.25) is 0 Å². The fourth-order valence-corrected chi connectivity index (χ4v) is 2.40. The summed E-state index contributed by atoms with van der Waals surface area (Å²) in [4.78, 5) is 4.20. The molecule has 1 aromatic heterocycles. The van der Waals surface area contributed by atoms with Crippen LogP contribution in [-0.4, -0.2) is 10.1 Å². The van der Waals surface area contributed by atoms with Crippen molar-refractivity contribution in [1.29, 1.82) is 0 Å². The molecule has 0 bridgehead atoms. The highest BCUT2D eigenvalue weighted by molar-refractivity contribution is 5.86. The largest absolute Gasteiger partial charge is 0.340 e. The van der Waals surface area contributed by atoms with E-state index in [0.29, 0.717) is 18.3 Å². The zero-order chi connectivity index (χ0) is 13.9. The first-order chi connectivity index (χ1) is 9.74. The number of hydrogen-bond donors (Lipinski definition) is 1. The average molecular weight is 267 g/mol. The minimum atomic E-state index is 0.222. The highest BCUT2D eigenvalue weighted by atomic mass is 16.5. The van der Waals surface area contributed by atoms with Gasteiger partial charge in [-0.25, -0.2) is 0 Å². The number of nitrogens with one attached hydrogen (secondary N) is 1. The van der Waals surface area contributed by atoms with E-state index in [1.165, 1.54) is 16.3 Å². The lowest BCUT2D eigenvalue weighted by atomic mass is 10.00. The Morgan fingerprint density at radius 2 is 1.95 bits per heavy atom. The zero-order valence-corrected chi connectivity index (χ0v) is 11.6. The molecule has 0 fully saturated rings. The van der Waals surface area contributed by atoms with Gasteiger partial charge < -0.3 is 9.84 Å². The Hall–Kier alpha value is -2.20. The van der Waals surface area contributed by atoms with Crippen LogP contribution in [0.15, 0.2) is 47.0 Å². The number of rotatable bonds is 4. The lowest BCUT2D eigenvalue weighted by Crippen LogP contribution is -2.19. The highest BCUT2D eigenvalue weighted by Crippen LogP contribution is 2.24. The van der Waals surface area contributed by atoms with Gasteiger partial charge in [-0.05, 0) is 23.3 Å². The van der Waals surface area contributed by atoms with Crippen molar-refractivity contribution in [2.24, 2.45) is 0 Å². The minimum Gasteiger partial charge on any atom is -0.340 e. The van der Waals surface area contributed by atoms with Gasteiger partial charge in [0.25, 0.3) is 0 Å². The average Bonchev–Trinajstić information content (AvgIpc) is 2.90. The van der Waals surface area contributed by atoms with Crippen LogP contribution in [0.1, 0.15) is 30.2 Å².